The van der Waals surface area contributed by atoms with Gasteiger partial charge in [0.05, 0.1) is 16.2 Å². The van der Waals surface area contributed by atoms with Gasteiger partial charge in [0.1, 0.15) is 6.10 Å². The molecule has 0 spiro atoms. The lowest BCUT2D eigenvalue weighted by molar-refractivity contribution is -0.385. The summed E-state index contributed by atoms with van der Waals surface area (Å²) in [6, 6.07) is 2.81. The van der Waals surface area contributed by atoms with Crippen molar-refractivity contribution in [2.75, 3.05) is 0 Å². The van der Waals surface area contributed by atoms with E-state index in [0.717, 1.165) is 50.7 Å². The highest BCUT2D eigenvalue weighted by Crippen LogP contribution is 2.39. The topological polar surface area (TPSA) is 64.7 Å². The van der Waals surface area contributed by atoms with Gasteiger partial charge in [-0.1, -0.05) is 24.4 Å². The van der Waals surface area contributed by atoms with Gasteiger partial charge in [0.15, 0.2) is 0 Å². The van der Waals surface area contributed by atoms with Crippen LogP contribution in [0.25, 0.3) is 0 Å². The monoisotopic (exact) mass is 342 g/mol. The zero-order valence-electron chi connectivity index (χ0n) is 12.9. The first-order valence-corrected chi connectivity index (χ1v) is 7.97. The molecule has 1 saturated carbocycles. The molecule has 130 valence electrons. The van der Waals surface area contributed by atoms with Crippen molar-refractivity contribution in [2.45, 2.75) is 50.8 Å². The number of nitro benzene ring substituents is 1. The summed E-state index contributed by atoms with van der Waals surface area (Å²) in [6.07, 6.45) is 0.620. The van der Waals surface area contributed by atoms with E-state index in [9.17, 15) is 23.3 Å². The zero-order chi connectivity index (χ0) is 17.3. The van der Waals surface area contributed by atoms with E-state index in [-0.39, 0.29) is 23.3 Å². The molecule has 1 aromatic rings. The molecule has 8 heteroatoms. The highest BCUT2D eigenvalue weighted by Gasteiger charge is 2.41. The van der Waals surface area contributed by atoms with Crippen molar-refractivity contribution in [1.29, 1.82) is 0 Å². The molecule has 24 heavy (non-hydrogen) atoms. The number of nitro groups is 1. The van der Waals surface area contributed by atoms with Crippen LogP contribution >= 0.6 is 0 Å². The number of fused-ring (bicyclic) bond motifs is 1. The van der Waals surface area contributed by atoms with Crippen molar-refractivity contribution in [3.05, 3.63) is 39.4 Å². The number of halogens is 3. The smallest absolute Gasteiger partial charge is 0.392 e. The molecule has 1 heterocycles. The fraction of sp³-hybridized carbons (Fsp3) is 0.562. The second-order valence-corrected chi connectivity index (χ2v) is 6.20. The van der Waals surface area contributed by atoms with Gasteiger partial charge in [-0.2, -0.15) is 13.2 Å². The van der Waals surface area contributed by atoms with Crippen molar-refractivity contribution in [3.63, 3.8) is 0 Å². The number of benzene rings is 1. The SMILES string of the molecule is O=[N+]([O-])c1ccc(C2=NO[C@H]3CCCCCC[C@@H]23)c(C(F)(F)F)c1. The lowest BCUT2D eigenvalue weighted by Gasteiger charge is -2.22. The quantitative estimate of drug-likeness (QED) is 0.579. The van der Waals surface area contributed by atoms with Crippen LogP contribution in [-0.2, 0) is 11.0 Å². The molecule has 0 N–H and O–H groups in total. The fourth-order valence-corrected chi connectivity index (χ4v) is 3.43. The van der Waals surface area contributed by atoms with Gasteiger partial charge < -0.3 is 4.84 Å². The summed E-state index contributed by atoms with van der Waals surface area (Å²) >= 11 is 0. The Bertz CT molecular complexity index is 673. The summed E-state index contributed by atoms with van der Waals surface area (Å²) < 4.78 is 40.2. The standard InChI is InChI=1S/C16H17F3N2O3/c17-16(18,19)13-9-10(21(22)23)7-8-11(13)15-12-5-3-1-2-4-6-14(12)24-20-15/h7-9,12,14H,1-6H2/t12-,14+/m1/s1. The molecule has 1 aromatic carbocycles. The second-order valence-electron chi connectivity index (χ2n) is 6.20. The lowest BCUT2D eigenvalue weighted by atomic mass is 9.82. The summed E-state index contributed by atoms with van der Waals surface area (Å²) in [5, 5.41) is 14.7. The molecule has 3 rings (SSSR count). The van der Waals surface area contributed by atoms with Crippen LogP contribution in [0.15, 0.2) is 23.4 Å². The Hall–Kier alpha value is -2.12. The number of hydrogen-bond acceptors (Lipinski definition) is 4. The lowest BCUT2D eigenvalue weighted by Crippen LogP contribution is -2.27. The Morgan fingerprint density at radius 2 is 1.88 bits per heavy atom. The Morgan fingerprint density at radius 1 is 1.17 bits per heavy atom. The molecule has 1 aliphatic heterocycles. The molecule has 0 aromatic heterocycles. The van der Waals surface area contributed by atoms with E-state index in [1.165, 1.54) is 0 Å². The van der Waals surface area contributed by atoms with E-state index in [1.54, 1.807) is 0 Å². The Morgan fingerprint density at radius 3 is 2.54 bits per heavy atom. The minimum absolute atomic E-state index is 0.110. The Kier molecular flexibility index (Phi) is 4.47. The predicted molar refractivity (Wildman–Crippen MR) is 80.7 cm³/mol. The van der Waals surface area contributed by atoms with Crippen LogP contribution < -0.4 is 0 Å². The minimum atomic E-state index is -4.69. The molecule has 2 atom stereocenters. The maximum Gasteiger partial charge on any atom is 0.417 e. The average Bonchev–Trinajstić information content (AvgIpc) is 2.87. The highest BCUT2D eigenvalue weighted by molar-refractivity contribution is 6.04. The maximum atomic E-state index is 13.4. The van der Waals surface area contributed by atoms with Gasteiger partial charge in [0, 0.05) is 23.6 Å². The van der Waals surface area contributed by atoms with Gasteiger partial charge in [-0.25, -0.2) is 0 Å². The first-order valence-electron chi connectivity index (χ1n) is 7.97. The van der Waals surface area contributed by atoms with E-state index in [2.05, 4.69) is 5.16 Å². The molecule has 2 aliphatic rings. The van der Waals surface area contributed by atoms with Crippen molar-refractivity contribution in [3.8, 4) is 0 Å². The third-order valence-electron chi connectivity index (χ3n) is 4.64. The molecular formula is C16H17F3N2O3. The minimum Gasteiger partial charge on any atom is -0.392 e. The number of non-ortho nitro benzene ring substituents is 1. The van der Waals surface area contributed by atoms with Crippen LogP contribution in [0.3, 0.4) is 0 Å². The summed E-state index contributed by atoms with van der Waals surface area (Å²) in [6.45, 7) is 0. The van der Waals surface area contributed by atoms with E-state index < -0.39 is 22.4 Å². The van der Waals surface area contributed by atoms with Gasteiger partial charge in [0.25, 0.3) is 5.69 Å². The number of nitrogens with zero attached hydrogens (tertiary/aromatic N) is 2. The summed E-state index contributed by atoms with van der Waals surface area (Å²) in [7, 11) is 0. The van der Waals surface area contributed by atoms with Gasteiger partial charge in [-0.15, -0.1) is 0 Å². The van der Waals surface area contributed by atoms with Crippen LogP contribution in [0.2, 0.25) is 0 Å². The molecule has 0 radical (unpaired) electrons. The van der Waals surface area contributed by atoms with E-state index >= 15 is 0 Å². The zero-order valence-corrected chi connectivity index (χ0v) is 12.9. The number of rotatable bonds is 2. The van der Waals surface area contributed by atoms with Crippen molar-refractivity contribution in [2.24, 2.45) is 11.1 Å². The molecule has 5 nitrogen and oxygen atoms in total. The van der Waals surface area contributed by atoms with E-state index in [4.69, 9.17) is 4.84 Å². The van der Waals surface area contributed by atoms with E-state index in [0.29, 0.717) is 6.07 Å². The molecule has 0 unspecified atom stereocenters. The van der Waals surface area contributed by atoms with Crippen LogP contribution in [0.4, 0.5) is 18.9 Å². The summed E-state index contributed by atoms with van der Waals surface area (Å²) in [4.78, 5) is 15.4. The molecule has 0 amide bonds. The third kappa shape index (κ3) is 3.22. The average molecular weight is 342 g/mol. The summed E-state index contributed by atoms with van der Waals surface area (Å²) in [5.41, 5.74) is -1.45. The number of alkyl halides is 3. The van der Waals surface area contributed by atoms with Crippen LogP contribution in [-0.4, -0.2) is 16.7 Å². The van der Waals surface area contributed by atoms with Gasteiger partial charge in [0.2, 0.25) is 0 Å². The van der Waals surface area contributed by atoms with Gasteiger partial charge in [-0.05, 0) is 25.3 Å². The molecular weight excluding hydrogens is 325 g/mol. The largest absolute Gasteiger partial charge is 0.417 e. The van der Waals surface area contributed by atoms with Crippen molar-refractivity contribution >= 4 is 11.4 Å². The van der Waals surface area contributed by atoms with Gasteiger partial charge in [-0.3, -0.25) is 10.1 Å². The Balaban J connectivity index is 2.00. The fourth-order valence-electron chi connectivity index (χ4n) is 3.43. The first-order chi connectivity index (χ1) is 11.4. The second kappa shape index (κ2) is 6.41. The molecule has 0 bridgehead atoms. The van der Waals surface area contributed by atoms with Crippen molar-refractivity contribution < 1.29 is 22.9 Å². The predicted octanol–water partition coefficient (Wildman–Crippen LogP) is 4.69. The number of hydrogen-bond donors (Lipinski definition) is 0. The van der Waals surface area contributed by atoms with Crippen LogP contribution in [0.1, 0.15) is 49.7 Å². The van der Waals surface area contributed by atoms with Crippen LogP contribution in [0.5, 0.6) is 0 Å². The normalized spacial score (nSPS) is 24.4. The highest BCUT2D eigenvalue weighted by atomic mass is 19.4. The maximum absolute atomic E-state index is 13.4. The Labute approximate surface area is 136 Å². The molecule has 1 fully saturated rings. The summed E-state index contributed by atoms with van der Waals surface area (Å²) in [5.74, 6) is -0.187. The third-order valence-corrected chi connectivity index (χ3v) is 4.64. The van der Waals surface area contributed by atoms with Gasteiger partial charge >= 0.3 is 6.18 Å². The van der Waals surface area contributed by atoms with E-state index in [1.807, 2.05) is 0 Å². The van der Waals surface area contributed by atoms with Crippen molar-refractivity contribution in [1.82, 2.24) is 0 Å². The molecule has 0 saturated heterocycles. The first kappa shape index (κ1) is 16.7. The van der Waals surface area contributed by atoms with Crippen LogP contribution in [0, 0.1) is 16.0 Å². The molecule has 1 aliphatic carbocycles. The number of oxime groups is 1.